The molecule has 0 aromatic heterocycles. The minimum Gasteiger partial charge on any atom is -0.485 e. The SMILES string of the molecule is C[C@H]1CN([C@@H](C)CO)C(=O)c2cccc(NC(=O)C3CC3)c2O[C@@H]1CN(C)C(=O)Nc1ccccc1. The molecular formula is C27H34N4O5. The molecule has 4 amide bonds. The average Bonchev–Trinajstić information content (AvgIpc) is 3.72. The fraction of sp³-hybridized carbons (Fsp3) is 0.444. The van der Waals surface area contributed by atoms with Crippen LogP contribution in [0.15, 0.2) is 48.5 Å². The summed E-state index contributed by atoms with van der Waals surface area (Å²) < 4.78 is 6.44. The number of ether oxygens (including phenoxy) is 1. The van der Waals surface area contributed by atoms with Crippen LogP contribution >= 0.6 is 0 Å². The number of urea groups is 1. The molecule has 1 saturated carbocycles. The number of amides is 4. The van der Waals surface area contributed by atoms with Gasteiger partial charge in [-0.2, -0.15) is 0 Å². The number of carbonyl (C=O) groups excluding carboxylic acids is 3. The zero-order valence-electron chi connectivity index (χ0n) is 20.9. The molecule has 4 rings (SSSR count). The van der Waals surface area contributed by atoms with Crippen molar-refractivity contribution in [3.05, 3.63) is 54.1 Å². The Labute approximate surface area is 211 Å². The molecule has 2 aliphatic rings. The number of nitrogens with zero attached hydrogens (tertiary/aromatic N) is 2. The number of hydrogen-bond acceptors (Lipinski definition) is 5. The van der Waals surface area contributed by atoms with Gasteiger partial charge in [0.2, 0.25) is 5.91 Å². The van der Waals surface area contributed by atoms with E-state index in [0.717, 1.165) is 12.8 Å². The first kappa shape index (κ1) is 25.5. The smallest absolute Gasteiger partial charge is 0.321 e. The van der Waals surface area contributed by atoms with Gasteiger partial charge in [-0.25, -0.2) is 4.79 Å². The zero-order valence-corrected chi connectivity index (χ0v) is 20.9. The number of benzene rings is 2. The lowest BCUT2D eigenvalue weighted by Gasteiger charge is -2.38. The van der Waals surface area contributed by atoms with Gasteiger partial charge >= 0.3 is 6.03 Å². The number of aliphatic hydroxyl groups is 1. The first-order valence-corrected chi connectivity index (χ1v) is 12.4. The van der Waals surface area contributed by atoms with Crippen LogP contribution in [-0.2, 0) is 4.79 Å². The van der Waals surface area contributed by atoms with Crippen LogP contribution in [0.25, 0.3) is 0 Å². The standard InChI is InChI=1S/C27H34N4O5/c1-17-14-31(18(2)16-32)26(34)21-10-7-11-22(29-25(33)19-12-13-19)24(21)36-23(17)15-30(3)27(35)28-20-8-5-4-6-9-20/h4-11,17-19,23,32H,12-16H2,1-3H3,(H,28,35)(H,29,33)/t17-,18-,23+/m0/s1. The van der Waals surface area contributed by atoms with Gasteiger partial charge in [0.05, 0.1) is 30.4 Å². The van der Waals surface area contributed by atoms with E-state index in [2.05, 4.69) is 10.6 Å². The summed E-state index contributed by atoms with van der Waals surface area (Å²) in [4.78, 5) is 42.1. The topological polar surface area (TPSA) is 111 Å². The van der Waals surface area contributed by atoms with Gasteiger partial charge in [-0.15, -0.1) is 0 Å². The number of rotatable bonds is 7. The van der Waals surface area contributed by atoms with Gasteiger partial charge in [0, 0.05) is 31.1 Å². The number of aliphatic hydroxyl groups excluding tert-OH is 1. The van der Waals surface area contributed by atoms with Crippen molar-refractivity contribution in [1.82, 2.24) is 9.80 Å². The fourth-order valence-corrected chi connectivity index (χ4v) is 4.23. The summed E-state index contributed by atoms with van der Waals surface area (Å²) >= 11 is 0. The van der Waals surface area contributed by atoms with E-state index in [1.165, 1.54) is 0 Å². The zero-order chi connectivity index (χ0) is 25.8. The number of likely N-dealkylation sites (N-methyl/N-ethyl adjacent to an activating group) is 1. The molecule has 1 aliphatic heterocycles. The van der Waals surface area contributed by atoms with Gasteiger partial charge in [0.1, 0.15) is 6.10 Å². The lowest BCUT2D eigenvalue weighted by atomic mass is 9.99. The highest BCUT2D eigenvalue weighted by atomic mass is 16.5. The number of para-hydroxylation sites is 2. The Morgan fingerprint density at radius 3 is 2.53 bits per heavy atom. The minimum absolute atomic E-state index is 0.0152. The summed E-state index contributed by atoms with van der Waals surface area (Å²) in [7, 11) is 1.69. The van der Waals surface area contributed by atoms with E-state index in [4.69, 9.17) is 4.74 Å². The molecule has 3 atom stereocenters. The Morgan fingerprint density at radius 2 is 1.86 bits per heavy atom. The molecule has 0 unspecified atom stereocenters. The van der Waals surface area contributed by atoms with E-state index in [0.29, 0.717) is 29.2 Å². The monoisotopic (exact) mass is 494 g/mol. The van der Waals surface area contributed by atoms with Crippen molar-refractivity contribution in [2.75, 3.05) is 37.4 Å². The summed E-state index contributed by atoms with van der Waals surface area (Å²) in [6.07, 6.45) is 1.23. The van der Waals surface area contributed by atoms with Crippen molar-refractivity contribution >= 4 is 29.2 Å². The van der Waals surface area contributed by atoms with Gasteiger partial charge in [0.15, 0.2) is 5.75 Å². The lowest BCUT2D eigenvalue weighted by Crippen LogP contribution is -2.50. The molecule has 2 aromatic carbocycles. The Balaban J connectivity index is 1.62. The third-order valence-corrected chi connectivity index (χ3v) is 6.72. The normalized spacial score (nSPS) is 20.3. The first-order chi connectivity index (χ1) is 17.3. The van der Waals surface area contributed by atoms with E-state index in [-0.39, 0.29) is 42.8 Å². The molecule has 1 aliphatic carbocycles. The molecule has 192 valence electrons. The Bertz CT molecular complexity index is 1100. The van der Waals surface area contributed by atoms with Gasteiger partial charge in [0.25, 0.3) is 5.91 Å². The van der Waals surface area contributed by atoms with Gasteiger partial charge in [-0.3, -0.25) is 9.59 Å². The third-order valence-electron chi connectivity index (χ3n) is 6.72. The van der Waals surface area contributed by atoms with Crippen LogP contribution in [-0.4, -0.2) is 71.6 Å². The molecular weight excluding hydrogens is 460 g/mol. The van der Waals surface area contributed by atoms with Crippen molar-refractivity contribution in [3.8, 4) is 5.75 Å². The van der Waals surface area contributed by atoms with Gasteiger partial charge in [-0.05, 0) is 44.0 Å². The van der Waals surface area contributed by atoms with Crippen LogP contribution in [0.5, 0.6) is 5.75 Å². The van der Waals surface area contributed by atoms with Crippen LogP contribution in [0.4, 0.5) is 16.2 Å². The number of anilines is 2. The Kier molecular flexibility index (Phi) is 7.79. The molecule has 1 fully saturated rings. The molecule has 3 N–H and O–H groups in total. The Morgan fingerprint density at radius 1 is 1.14 bits per heavy atom. The van der Waals surface area contributed by atoms with Crippen molar-refractivity contribution in [1.29, 1.82) is 0 Å². The number of hydrogen-bond donors (Lipinski definition) is 3. The van der Waals surface area contributed by atoms with Crippen LogP contribution in [0.3, 0.4) is 0 Å². The summed E-state index contributed by atoms with van der Waals surface area (Å²) in [5.74, 6) is -0.255. The lowest BCUT2D eigenvalue weighted by molar-refractivity contribution is -0.117. The highest BCUT2D eigenvalue weighted by Crippen LogP contribution is 2.37. The van der Waals surface area contributed by atoms with Gasteiger partial charge in [-0.1, -0.05) is 31.2 Å². The number of carbonyl (C=O) groups is 3. The highest BCUT2D eigenvalue weighted by Gasteiger charge is 2.36. The second kappa shape index (κ2) is 11.0. The van der Waals surface area contributed by atoms with E-state index < -0.39 is 12.1 Å². The van der Waals surface area contributed by atoms with E-state index >= 15 is 0 Å². The third kappa shape index (κ3) is 5.79. The molecule has 0 bridgehead atoms. The second-order valence-electron chi connectivity index (χ2n) is 9.75. The molecule has 9 heteroatoms. The van der Waals surface area contributed by atoms with E-state index in [9.17, 15) is 19.5 Å². The molecule has 1 heterocycles. The quantitative estimate of drug-likeness (QED) is 0.546. The number of nitrogens with one attached hydrogen (secondary N) is 2. The second-order valence-corrected chi connectivity index (χ2v) is 9.75. The predicted molar refractivity (Wildman–Crippen MR) is 137 cm³/mol. The molecule has 9 nitrogen and oxygen atoms in total. The largest absolute Gasteiger partial charge is 0.485 e. The van der Waals surface area contributed by atoms with Crippen molar-refractivity contribution in [2.24, 2.45) is 11.8 Å². The maximum atomic E-state index is 13.5. The summed E-state index contributed by atoms with van der Waals surface area (Å²) in [6.45, 7) is 4.16. The maximum absolute atomic E-state index is 13.5. The van der Waals surface area contributed by atoms with Crippen molar-refractivity contribution in [2.45, 2.75) is 38.8 Å². The summed E-state index contributed by atoms with van der Waals surface area (Å²) in [5.41, 5.74) is 1.44. The van der Waals surface area contributed by atoms with Crippen LogP contribution in [0, 0.1) is 11.8 Å². The summed E-state index contributed by atoms with van der Waals surface area (Å²) in [6, 6.07) is 13.6. The molecule has 0 radical (unpaired) electrons. The van der Waals surface area contributed by atoms with Crippen molar-refractivity contribution < 1.29 is 24.2 Å². The summed E-state index contributed by atoms with van der Waals surface area (Å²) in [5, 5.41) is 15.6. The van der Waals surface area contributed by atoms with Crippen molar-refractivity contribution in [3.63, 3.8) is 0 Å². The molecule has 2 aromatic rings. The van der Waals surface area contributed by atoms with Crippen LogP contribution in [0.1, 0.15) is 37.0 Å². The molecule has 0 spiro atoms. The van der Waals surface area contributed by atoms with E-state index in [1.807, 2.05) is 37.3 Å². The maximum Gasteiger partial charge on any atom is 0.321 e. The minimum atomic E-state index is -0.476. The molecule has 0 saturated heterocycles. The van der Waals surface area contributed by atoms with Gasteiger partial charge < -0.3 is 30.3 Å². The fourth-order valence-electron chi connectivity index (χ4n) is 4.23. The average molecular weight is 495 g/mol. The van der Waals surface area contributed by atoms with Crippen LogP contribution in [0.2, 0.25) is 0 Å². The number of fused-ring (bicyclic) bond motifs is 1. The Hall–Kier alpha value is -3.59. The molecule has 36 heavy (non-hydrogen) atoms. The predicted octanol–water partition coefficient (Wildman–Crippen LogP) is 3.42. The van der Waals surface area contributed by atoms with Crippen LogP contribution < -0.4 is 15.4 Å². The first-order valence-electron chi connectivity index (χ1n) is 12.4. The van der Waals surface area contributed by atoms with E-state index in [1.54, 1.807) is 42.0 Å². The highest BCUT2D eigenvalue weighted by molar-refractivity contribution is 6.02.